The van der Waals surface area contributed by atoms with Gasteiger partial charge in [0, 0.05) is 32.3 Å². The number of hydrogen-bond donors (Lipinski definition) is 0. The van der Waals surface area contributed by atoms with Gasteiger partial charge in [0.1, 0.15) is 0 Å². The second-order valence-corrected chi connectivity index (χ2v) is 11.9. The Morgan fingerprint density at radius 1 is 0.974 bits per heavy atom. The average Bonchev–Trinajstić information content (AvgIpc) is 3.31. The maximum absolute atomic E-state index is 13.3. The Morgan fingerprint density at radius 3 is 2.41 bits per heavy atom. The van der Waals surface area contributed by atoms with E-state index < -0.39 is 21.9 Å². The summed E-state index contributed by atoms with van der Waals surface area (Å²) in [4.78, 5) is 30.0. The molecule has 1 aliphatic rings. The molecule has 1 aromatic heterocycles. The molecule has 0 atom stereocenters. The van der Waals surface area contributed by atoms with Crippen molar-refractivity contribution in [2.75, 3.05) is 27.4 Å². The Labute approximate surface area is 230 Å². The van der Waals surface area contributed by atoms with Crippen molar-refractivity contribution < 1.29 is 27.5 Å². The highest BCUT2D eigenvalue weighted by molar-refractivity contribution is 7.89. The third-order valence-electron chi connectivity index (χ3n) is 6.65. The summed E-state index contributed by atoms with van der Waals surface area (Å²) in [5.74, 6) is -0.955. The normalized spacial score (nSPS) is 14.4. The number of carbonyl (C=O) groups is 2. The molecule has 202 valence electrons. The Hall–Kier alpha value is -3.64. The molecule has 39 heavy (non-hydrogen) atoms. The molecule has 9 nitrogen and oxygen atoms in total. The second kappa shape index (κ2) is 11.2. The molecular weight excluding hydrogens is 538 g/mol. The highest BCUT2D eigenvalue weighted by Crippen LogP contribution is 2.25. The molecule has 0 aliphatic carbocycles. The molecule has 5 rings (SSSR count). The van der Waals surface area contributed by atoms with Crippen LogP contribution in [0.3, 0.4) is 0 Å². The first-order valence-electron chi connectivity index (χ1n) is 12.3. The number of hydrogen-bond acceptors (Lipinski definition) is 7. The van der Waals surface area contributed by atoms with Gasteiger partial charge < -0.3 is 14.0 Å². The fourth-order valence-electron chi connectivity index (χ4n) is 4.55. The predicted octanol–water partition coefficient (Wildman–Crippen LogP) is 3.62. The molecule has 3 aromatic carbocycles. The molecule has 11 heteroatoms. The molecule has 0 saturated heterocycles. The van der Waals surface area contributed by atoms with Gasteiger partial charge in [0.15, 0.2) is 4.80 Å². The zero-order valence-electron chi connectivity index (χ0n) is 21.5. The van der Waals surface area contributed by atoms with Crippen molar-refractivity contribution in [3.05, 3.63) is 93.8 Å². The summed E-state index contributed by atoms with van der Waals surface area (Å²) >= 11 is 1.27. The van der Waals surface area contributed by atoms with E-state index in [4.69, 9.17) is 9.47 Å². The Morgan fingerprint density at radius 2 is 1.69 bits per heavy atom. The lowest BCUT2D eigenvalue weighted by molar-refractivity contribution is 0.0600. The van der Waals surface area contributed by atoms with Gasteiger partial charge in [0.05, 0.1) is 34.4 Å². The fourth-order valence-corrected chi connectivity index (χ4v) is 7.06. The van der Waals surface area contributed by atoms with Crippen molar-refractivity contribution in [1.82, 2.24) is 8.87 Å². The summed E-state index contributed by atoms with van der Waals surface area (Å²) < 4.78 is 40.7. The molecule has 0 N–H and O–H groups in total. The Kier molecular flexibility index (Phi) is 7.76. The first-order chi connectivity index (χ1) is 18.8. The van der Waals surface area contributed by atoms with Crippen LogP contribution in [0, 0.1) is 0 Å². The monoisotopic (exact) mass is 565 g/mol. The minimum Gasteiger partial charge on any atom is -0.465 e. The van der Waals surface area contributed by atoms with E-state index >= 15 is 0 Å². The van der Waals surface area contributed by atoms with E-state index in [1.165, 1.54) is 47.0 Å². The van der Waals surface area contributed by atoms with Gasteiger partial charge in [-0.3, -0.25) is 4.79 Å². The minimum absolute atomic E-state index is 0.130. The van der Waals surface area contributed by atoms with Gasteiger partial charge in [-0.15, -0.1) is 0 Å². The summed E-state index contributed by atoms with van der Waals surface area (Å²) in [6.45, 7) is 1.58. The lowest BCUT2D eigenvalue weighted by atomic mass is 10.0. The van der Waals surface area contributed by atoms with Gasteiger partial charge in [0.25, 0.3) is 5.91 Å². The van der Waals surface area contributed by atoms with E-state index in [1.54, 1.807) is 25.3 Å². The molecule has 1 aliphatic heterocycles. The molecule has 0 radical (unpaired) electrons. The van der Waals surface area contributed by atoms with Crippen LogP contribution >= 0.6 is 11.3 Å². The van der Waals surface area contributed by atoms with Crippen molar-refractivity contribution in [1.29, 1.82) is 0 Å². The Bertz CT molecular complexity index is 1720. The lowest BCUT2D eigenvalue weighted by Gasteiger charge is -2.28. The zero-order valence-corrected chi connectivity index (χ0v) is 23.1. The number of rotatable bonds is 7. The number of methoxy groups -OCH3 is 2. The molecule has 0 bridgehead atoms. The molecule has 4 aromatic rings. The largest absolute Gasteiger partial charge is 0.465 e. The predicted molar refractivity (Wildman–Crippen MR) is 147 cm³/mol. The molecule has 0 saturated carbocycles. The summed E-state index contributed by atoms with van der Waals surface area (Å²) in [7, 11) is -0.807. The summed E-state index contributed by atoms with van der Waals surface area (Å²) in [6, 6.07) is 18.9. The number of esters is 1. The van der Waals surface area contributed by atoms with E-state index in [0.717, 1.165) is 21.3 Å². The van der Waals surface area contributed by atoms with Crippen molar-refractivity contribution in [2.24, 2.45) is 4.99 Å². The number of carbonyl (C=O) groups excluding carboxylic acids is 2. The van der Waals surface area contributed by atoms with Crippen LogP contribution in [-0.2, 0) is 39.0 Å². The highest BCUT2D eigenvalue weighted by Gasteiger charge is 2.28. The van der Waals surface area contributed by atoms with Gasteiger partial charge in [-0.1, -0.05) is 35.6 Å². The number of benzene rings is 3. The number of aromatic nitrogens is 1. The molecule has 0 fully saturated rings. The highest BCUT2D eigenvalue weighted by atomic mass is 32.2. The first kappa shape index (κ1) is 26.9. The summed E-state index contributed by atoms with van der Waals surface area (Å²) in [5.41, 5.74) is 3.64. The molecular formula is C28H27N3O6S2. The number of ether oxygens (including phenoxy) is 2. The SMILES string of the molecule is COCCn1c(=NC(=O)c2ccc(S(=O)(=O)N3CCc4ccccc4C3)cc2)sc2cc(C(=O)OC)ccc21. The number of nitrogens with zero attached hydrogens (tertiary/aromatic N) is 3. The van der Waals surface area contributed by atoms with Crippen LogP contribution in [0.25, 0.3) is 10.2 Å². The number of fused-ring (bicyclic) bond motifs is 2. The van der Waals surface area contributed by atoms with Crippen LogP contribution < -0.4 is 4.80 Å². The maximum atomic E-state index is 13.3. The quantitative estimate of drug-likeness (QED) is 0.317. The average molecular weight is 566 g/mol. The molecule has 2 heterocycles. The maximum Gasteiger partial charge on any atom is 0.337 e. The third kappa shape index (κ3) is 5.44. The van der Waals surface area contributed by atoms with Crippen molar-refractivity contribution >= 4 is 43.5 Å². The van der Waals surface area contributed by atoms with Crippen LogP contribution in [0.5, 0.6) is 0 Å². The second-order valence-electron chi connectivity index (χ2n) is 9.00. The standard InChI is InChI=1S/C28H27N3O6S2/c1-36-16-15-31-24-12-9-21(27(33)37-2)17-25(24)38-28(31)29-26(32)20-7-10-23(11-8-20)39(34,35)30-14-13-19-5-3-4-6-22(19)18-30/h3-12,17H,13-16,18H2,1-2H3. The van der Waals surface area contributed by atoms with Gasteiger partial charge in [0.2, 0.25) is 10.0 Å². The van der Waals surface area contributed by atoms with E-state index in [9.17, 15) is 18.0 Å². The number of sulfonamides is 1. The summed E-state index contributed by atoms with van der Waals surface area (Å²) in [6.07, 6.45) is 0.657. The van der Waals surface area contributed by atoms with Gasteiger partial charge >= 0.3 is 5.97 Å². The van der Waals surface area contributed by atoms with E-state index in [1.807, 2.05) is 28.8 Å². The van der Waals surface area contributed by atoms with Crippen molar-refractivity contribution in [2.45, 2.75) is 24.4 Å². The number of thiazole rings is 1. The number of amides is 1. The van der Waals surface area contributed by atoms with Crippen LogP contribution in [0.2, 0.25) is 0 Å². The van der Waals surface area contributed by atoms with Crippen LogP contribution in [-0.4, -0.2) is 56.5 Å². The summed E-state index contributed by atoms with van der Waals surface area (Å²) in [5, 5.41) is 0. The van der Waals surface area contributed by atoms with Gasteiger partial charge in [-0.05, 0) is 60.0 Å². The Balaban J connectivity index is 1.42. The van der Waals surface area contributed by atoms with Crippen LogP contribution in [0.15, 0.2) is 76.6 Å². The van der Waals surface area contributed by atoms with Crippen LogP contribution in [0.4, 0.5) is 0 Å². The van der Waals surface area contributed by atoms with Gasteiger partial charge in [-0.25, -0.2) is 13.2 Å². The topological polar surface area (TPSA) is 107 Å². The lowest BCUT2D eigenvalue weighted by Crippen LogP contribution is -2.35. The van der Waals surface area contributed by atoms with Crippen molar-refractivity contribution in [3.63, 3.8) is 0 Å². The van der Waals surface area contributed by atoms with E-state index in [-0.39, 0.29) is 10.5 Å². The van der Waals surface area contributed by atoms with E-state index in [2.05, 4.69) is 4.99 Å². The van der Waals surface area contributed by atoms with Gasteiger partial charge in [-0.2, -0.15) is 9.30 Å². The van der Waals surface area contributed by atoms with E-state index in [0.29, 0.717) is 43.0 Å². The smallest absolute Gasteiger partial charge is 0.337 e. The molecule has 0 spiro atoms. The third-order valence-corrected chi connectivity index (χ3v) is 9.56. The zero-order chi connectivity index (χ0) is 27.6. The minimum atomic E-state index is -3.72. The van der Waals surface area contributed by atoms with Crippen LogP contribution in [0.1, 0.15) is 31.8 Å². The molecule has 0 unspecified atom stereocenters. The molecule has 1 amide bonds. The first-order valence-corrected chi connectivity index (χ1v) is 14.5. The fraction of sp³-hybridized carbons (Fsp3) is 0.250. The van der Waals surface area contributed by atoms with Crippen molar-refractivity contribution in [3.8, 4) is 0 Å².